The minimum absolute atomic E-state index is 0.0225. The van der Waals surface area contributed by atoms with E-state index in [1.807, 2.05) is 0 Å². The molecule has 0 unspecified atom stereocenters. The molecule has 0 bridgehead atoms. The summed E-state index contributed by atoms with van der Waals surface area (Å²) in [5, 5.41) is 4.74. The highest BCUT2D eigenvalue weighted by Gasteiger charge is 2.29. The average molecular weight is 372 g/mol. The number of carbonyl (C=O) groups excluding carboxylic acids is 3. The molecule has 1 heterocycles. The van der Waals surface area contributed by atoms with Crippen molar-refractivity contribution < 1.29 is 22.8 Å². The Bertz CT molecular complexity index is 984. The summed E-state index contributed by atoms with van der Waals surface area (Å²) in [5.41, 5.74) is 0.573. The van der Waals surface area contributed by atoms with Crippen LogP contribution in [0.5, 0.6) is 0 Å². The molecule has 0 atom stereocenters. The lowest BCUT2D eigenvalue weighted by Gasteiger charge is -2.08. The monoisotopic (exact) mass is 372 g/mol. The van der Waals surface area contributed by atoms with Crippen molar-refractivity contribution in [3.05, 3.63) is 59.7 Å². The van der Waals surface area contributed by atoms with Gasteiger partial charge < -0.3 is 5.32 Å². The molecule has 3 rings (SSSR count). The van der Waals surface area contributed by atoms with E-state index in [1.165, 1.54) is 24.3 Å². The number of rotatable bonds is 6. The molecule has 0 radical (unpaired) electrons. The lowest BCUT2D eigenvalue weighted by atomic mass is 10.1. The number of imide groups is 1. The second-order valence-electron chi connectivity index (χ2n) is 5.80. The van der Waals surface area contributed by atoms with Crippen molar-refractivity contribution in [1.29, 1.82) is 0 Å². The summed E-state index contributed by atoms with van der Waals surface area (Å²) < 4.78 is 24.4. The minimum Gasteiger partial charge on any atom is -0.325 e. The zero-order chi connectivity index (χ0) is 18.7. The number of carbonyl (C=O) groups is 3. The Labute approximate surface area is 150 Å². The fourth-order valence-corrected chi connectivity index (χ4v) is 4.04. The van der Waals surface area contributed by atoms with Crippen LogP contribution in [0.15, 0.2) is 53.4 Å². The third-order valence-electron chi connectivity index (χ3n) is 3.96. The molecule has 7 nitrogen and oxygen atoms in total. The van der Waals surface area contributed by atoms with E-state index >= 15 is 0 Å². The summed E-state index contributed by atoms with van der Waals surface area (Å²) in [5.74, 6) is -1.65. The number of fused-ring (bicyclic) bond motifs is 1. The van der Waals surface area contributed by atoms with Gasteiger partial charge in [0.15, 0.2) is 9.84 Å². The first kappa shape index (κ1) is 17.8. The Balaban J connectivity index is 1.61. The molecule has 0 spiro atoms. The summed E-state index contributed by atoms with van der Waals surface area (Å²) >= 11 is 0. The molecule has 0 saturated carbocycles. The first-order valence-corrected chi connectivity index (χ1v) is 9.60. The van der Waals surface area contributed by atoms with Gasteiger partial charge in [0.1, 0.15) is 0 Å². The molecule has 0 fully saturated rings. The third kappa shape index (κ3) is 3.65. The maximum absolute atomic E-state index is 12.2. The van der Waals surface area contributed by atoms with E-state index in [0.29, 0.717) is 0 Å². The average Bonchev–Trinajstić information content (AvgIpc) is 2.91. The van der Waals surface area contributed by atoms with Gasteiger partial charge in [0.05, 0.1) is 27.5 Å². The van der Waals surface area contributed by atoms with Crippen molar-refractivity contribution in [1.82, 2.24) is 5.32 Å². The van der Waals surface area contributed by atoms with Crippen molar-refractivity contribution in [2.75, 3.05) is 11.1 Å². The quantitative estimate of drug-likeness (QED) is 0.751. The molecular formula is C18H16N2O5S. The molecule has 0 aromatic heterocycles. The number of hydrogen-bond acceptors (Lipinski definition) is 5. The third-order valence-corrected chi connectivity index (χ3v) is 5.77. The Morgan fingerprint density at radius 3 is 2.42 bits per heavy atom. The van der Waals surface area contributed by atoms with Gasteiger partial charge in [-0.15, -0.1) is 0 Å². The maximum atomic E-state index is 12.2. The van der Waals surface area contributed by atoms with Crippen LogP contribution < -0.4 is 10.6 Å². The highest BCUT2D eigenvalue weighted by molar-refractivity contribution is 7.91. The molecule has 1 aliphatic rings. The van der Waals surface area contributed by atoms with Crippen LogP contribution in [0.1, 0.15) is 33.6 Å². The second kappa shape index (κ2) is 7.09. The first-order chi connectivity index (χ1) is 12.4. The number of sulfone groups is 1. The van der Waals surface area contributed by atoms with Gasteiger partial charge in [-0.3, -0.25) is 19.7 Å². The SMILES string of the molecule is O=C(CCCS(=O)(=O)c1ccccc1)Nc1cccc2c1C(=O)NC2=O. The molecule has 2 aromatic rings. The van der Waals surface area contributed by atoms with Crippen molar-refractivity contribution >= 4 is 33.2 Å². The van der Waals surface area contributed by atoms with Crippen molar-refractivity contribution in [2.45, 2.75) is 17.7 Å². The van der Waals surface area contributed by atoms with E-state index in [4.69, 9.17) is 0 Å². The summed E-state index contributed by atoms with van der Waals surface area (Å²) in [6.07, 6.45) is 0.120. The fraction of sp³-hybridized carbons (Fsp3) is 0.167. The van der Waals surface area contributed by atoms with Crippen molar-refractivity contribution in [3.63, 3.8) is 0 Å². The second-order valence-corrected chi connectivity index (χ2v) is 7.90. The van der Waals surface area contributed by atoms with Gasteiger partial charge in [-0.25, -0.2) is 8.42 Å². The zero-order valence-corrected chi connectivity index (χ0v) is 14.5. The highest BCUT2D eigenvalue weighted by Crippen LogP contribution is 2.24. The van der Waals surface area contributed by atoms with Crippen LogP contribution in [-0.4, -0.2) is 31.9 Å². The molecule has 2 N–H and O–H groups in total. The van der Waals surface area contributed by atoms with Crippen LogP contribution in [0.4, 0.5) is 5.69 Å². The highest BCUT2D eigenvalue weighted by atomic mass is 32.2. The van der Waals surface area contributed by atoms with Crippen molar-refractivity contribution in [2.24, 2.45) is 0 Å². The van der Waals surface area contributed by atoms with E-state index < -0.39 is 27.6 Å². The number of anilines is 1. The normalized spacial score (nSPS) is 13.2. The predicted molar refractivity (Wildman–Crippen MR) is 94.6 cm³/mol. The molecular weight excluding hydrogens is 356 g/mol. The summed E-state index contributed by atoms with van der Waals surface area (Å²) in [6.45, 7) is 0. The summed E-state index contributed by atoms with van der Waals surface area (Å²) in [6, 6.07) is 12.6. The first-order valence-electron chi connectivity index (χ1n) is 7.95. The van der Waals surface area contributed by atoms with Gasteiger partial charge in [-0.2, -0.15) is 0 Å². The van der Waals surface area contributed by atoms with Gasteiger partial charge >= 0.3 is 0 Å². The van der Waals surface area contributed by atoms with Crippen LogP contribution in [0.25, 0.3) is 0 Å². The Morgan fingerprint density at radius 1 is 0.962 bits per heavy atom. The number of benzene rings is 2. The molecule has 134 valence electrons. The summed E-state index contributed by atoms with van der Waals surface area (Å²) in [7, 11) is -3.44. The van der Waals surface area contributed by atoms with Crippen molar-refractivity contribution in [3.8, 4) is 0 Å². The molecule has 1 aliphatic heterocycles. The van der Waals surface area contributed by atoms with Crippen LogP contribution >= 0.6 is 0 Å². The molecule has 26 heavy (non-hydrogen) atoms. The molecule has 0 saturated heterocycles. The van der Waals surface area contributed by atoms with Gasteiger partial charge in [0.25, 0.3) is 11.8 Å². The minimum atomic E-state index is -3.44. The lowest BCUT2D eigenvalue weighted by molar-refractivity contribution is -0.116. The van der Waals surface area contributed by atoms with E-state index in [2.05, 4.69) is 10.6 Å². The van der Waals surface area contributed by atoms with E-state index in [0.717, 1.165) is 0 Å². The van der Waals surface area contributed by atoms with Gasteiger partial charge in [0.2, 0.25) is 5.91 Å². The van der Waals surface area contributed by atoms with Gasteiger partial charge in [-0.1, -0.05) is 24.3 Å². The van der Waals surface area contributed by atoms with Gasteiger partial charge in [0, 0.05) is 6.42 Å². The molecule has 8 heteroatoms. The number of nitrogens with one attached hydrogen (secondary N) is 2. The number of amides is 3. The summed E-state index contributed by atoms with van der Waals surface area (Å²) in [4.78, 5) is 35.8. The molecule has 3 amide bonds. The smallest absolute Gasteiger partial charge is 0.261 e. The van der Waals surface area contributed by atoms with E-state index in [9.17, 15) is 22.8 Å². The predicted octanol–water partition coefficient (Wildman–Crippen LogP) is 1.76. The van der Waals surface area contributed by atoms with Crippen LogP contribution in [0, 0.1) is 0 Å². The number of hydrogen-bond donors (Lipinski definition) is 2. The Morgan fingerprint density at radius 2 is 1.69 bits per heavy atom. The molecule has 0 aliphatic carbocycles. The lowest BCUT2D eigenvalue weighted by Crippen LogP contribution is -2.21. The standard InChI is InChI=1S/C18H16N2O5S/c21-15(10-5-11-26(24,25)12-6-2-1-3-7-12)19-14-9-4-8-13-16(14)18(23)20-17(13)22/h1-4,6-9H,5,10-11H2,(H,19,21)(H,20,22,23). The van der Waals surface area contributed by atoms with Gasteiger partial charge in [-0.05, 0) is 30.7 Å². The largest absolute Gasteiger partial charge is 0.325 e. The Hall–Kier alpha value is -3.00. The Kier molecular flexibility index (Phi) is 4.85. The fourth-order valence-electron chi connectivity index (χ4n) is 2.70. The van der Waals surface area contributed by atoms with E-state index in [-0.39, 0.29) is 40.3 Å². The van der Waals surface area contributed by atoms with Crippen LogP contribution in [0.3, 0.4) is 0 Å². The van der Waals surface area contributed by atoms with E-state index in [1.54, 1.807) is 24.3 Å². The van der Waals surface area contributed by atoms with Crippen LogP contribution in [0.2, 0.25) is 0 Å². The maximum Gasteiger partial charge on any atom is 0.261 e. The van der Waals surface area contributed by atoms with Crippen LogP contribution in [-0.2, 0) is 14.6 Å². The zero-order valence-electron chi connectivity index (χ0n) is 13.7. The molecule has 2 aromatic carbocycles. The topological polar surface area (TPSA) is 109 Å².